The summed E-state index contributed by atoms with van der Waals surface area (Å²) < 4.78 is 27.4. The zero-order valence-electron chi connectivity index (χ0n) is 11.4. The van der Waals surface area contributed by atoms with E-state index in [0.29, 0.717) is 13.0 Å². The SMILES string of the molecule is CC1CNCCN1C(=O)C1CC1c1c(F)cccc1F. The van der Waals surface area contributed by atoms with Gasteiger partial charge in [0.1, 0.15) is 11.6 Å². The van der Waals surface area contributed by atoms with Crippen LogP contribution in [0.15, 0.2) is 18.2 Å². The summed E-state index contributed by atoms with van der Waals surface area (Å²) in [5, 5.41) is 3.23. The Kier molecular flexibility index (Phi) is 3.46. The van der Waals surface area contributed by atoms with E-state index >= 15 is 0 Å². The third-order valence-corrected chi connectivity index (χ3v) is 4.26. The lowest BCUT2D eigenvalue weighted by atomic mass is 10.1. The van der Waals surface area contributed by atoms with E-state index in [-0.39, 0.29) is 29.3 Å². The number of hydrogen-bond donors (Lipinski definition) is 1. The summed E-state index contributed by atoms with van der Waals surface area (Å²) in [5.41, 5.74) is 0.0774. The number of amides is 1. The molecule has 3 nitrogen and oxygen atoms in total. The minimum absolute atomic E-state index is 0.0339. The molecule has 0 radical (unpaired) electrons. The molecule has 20 heavy (non-hydrogen) atoms. The molecule has 0 spiro atoms. The van der Waals surface area contributed by atoms with Gasteiger partial charge in [0.15, 0.2) is 0 Å². The van der Waals surface area contributed by atoms with Gasteiger partial charge in [0.2, 0.25) is 5.91 Å². The van der Waals surface area contributed by atoms with Crippen LogP contribution in [-0.4, -0.2) is 36.5 Å². The van der Waals surface area contributed by atoms with Crippen LogP contribution >= 0.6 is 0 Å². The second-order valence-corrected chi connectivity index (χ2v) is 5.67. The average molecular weight is 280 g/mol. The van der Waals surface area contributed by atoms with Gasteiger partial charge in [-0.15, -0.1) is 0 Å². The van der Waals surface area contributed by atoms with E-state index in [1.54, 1.807) is 0 Å². The molecular weight excluding hydrogens is 262 g/mol. The molecule has 1 aromatic carbocycles. The van der Waals surface area contributed by atoms with Crippen LogP contribution in [0.2, 0.25) is 0 Å². The summed E-state index contributed by atoms with van der Waals surface area (Å²) in [7, 11) is 0. The summed E-state index contributed by atoms with van der Waals surface area (Å²) in [5.74, 6) is -1.61. The van der Waals surface area contributed by atoms with Gasteiger partial charge in [-0.1, -0.05) is 6.07 Å². The highest BCUT2D eigenvalue weighted by atomic mass is 19.1. The van der Waals surface area contributed by atoms with Gasteiger partial charge in [-0.3, -0.25) is 4.79 Å². The van der Waals surface area contributed by atoms with Gasteiger partial charge in [0.25, 0.3) is 0 Å². The number of piperazine rings is 1. The van der Waals surface area contributed by atoms with Crippen molar-refractivity contribution in [1.29, 1.82) is 0 Å². The lowest BCUT2D eigenvalue weighted by Gasteiger charge is -2.34. The van der Waals surface area contributed by atoms with Crippen LogP contribution in [0.25, 0.3) is 0 Å². The number of carbonyl (C=O) groups is 1. The molecule has 1 aliphatic heterocycles. The quantitative estimate of drug-likeness (QED) is 0.897. The monoisotopic (exact) mass is 280 g/mol. The van der Waals surface area contributed by atoms with Gasteiger partial charge in [-0.05, 0) is 25.5 Å². The highest BCUT2D eigenvalue weighted by Crippen LogP contribution is 2.50. The molecule has 1 saturated carbocycles. The third-order valence-electron chi connectivity index (χ3n) is 4.26. The Morgan fingerprint density at radius 2 is 2.05 bits per heavy atom. The fourth-order valence-electron chi connectivity index (χ4n) is 3.03. The Labute approximate surface area is 117 Å². The number of nitrogens with one attached hydrogen (secondary N) is 1. The van der Waals surface area contributed by atoms with Crippen molar-refractivity contribution in [2.24, 2.45) is 5.92 Å². The van der Waals surface area contributed by atoms with E-state index in [9.17, 15) is 13.6 Å². The average Bonchev–Trinajstić information content (AvgIpc) is 3.18. The maximum atomic E-state index is 13.7. The van der Waals surface area contributed by atoms with Crippen LogP contribution < -0.4 is 5.32 Å². The molecular formula is C15H18F2N2O. The van der Waals surface area contributed by atoms with Gasteiger partial charge in [0.05, 0.1) is 0 Å². The summed E-state index contributed by atoms with van der Waals surface area (Å²) in [4.78, 5) is 14.3. The topological polar surface area (TPSA) is 32.3 Å². The van der Waals surface area contributed by atoms with Gasteiger partial charge >= 0.3 is 0 Å². The van der Waals surface area contributed by atoms with Gasteiger partial charge in [-0.2, -0.15) is 0 Å². The number of rotatable bonds is 2. The lowest BCUT2D eigenvalue weighted by Crippen LogP contribution is -2.52. The normalized spacial score (nSPS) is 29.4. The molecule has 3 rings (SSSR count). The number of nitrogens with zero attached hydrogens (tertiary/aromatic N) is 1. The highest BCUT2D eigenvalue weighted by Gasteiger charge is 2.48. The largest absolute Gasteiger partial charge is 0.337 e. The Morgan fingerprint density at radius 1 is 1.35 bits per heavy atom. The molecule has 1 aromatic rings. The van der Waals surface area contributed by atoms with Crippen molar-refractivity contribution in [1.82, 2.24) is 10.2 Å². The minimum atomic E-state index is -0.543. The summed E-state index contributed by atoms with van der Waals surface area (Å²) in [6, 6.07) is 4.01. The molecule has 2 aliphatic rings. The molecule has 3 unspecified atom stereocenters. The molecule has 108 valence electrons. The van der Waals surface area contributed by atoms with Crippen molar-refractivity contribution >= 4 is 5.91 Å². The Morgan fingerprint density at radius 3 is 2.70 bits per heavy atom. The van der Waals surface area contributed by atoms with E-state index in [4.69, 9.17) is 0 Å². The molecule has 5 heteroatoms. The van der Waals surface area contributed by atoms with Crippen molar-refractivity contribution < 1.29 is 13.6 Å². The second kappa shape index (κ2) is 5.13. The number of benzene rings is 1. The first-order valence-corrected chi connectivity index (χ1v) is 7.04. The van der Waals surface area contributed by atoms with E-state index < -0.39 is 11.6 Å². The number of hydrogen-bond acceptors (Lipinski definition) is 2. The standard InChI is InChI=1S/C15H18F2N2O/c1-9-8-18-5-6-19(9)15(20)11-7-10(11)14-12(16)3-2-4-13(14)17/h2-4,9-11,18H,5-8H2,1H3. The van der Waals surface area contributed by atoms with Crippen molar-refractivity contribution in [2.75, 3.05) is 19.6 Å². The van der Waals surface area contributed by atoms with Crippen LogP contribution in [0.4, 0.5) is 8.78 Å². The van der Waals surface area contributed by atoms with Crippen LogP contribution in [0, 0.1) is 17.6 Å². The van der Waals surface area contributed by atoms with Crippen molar-refractivity contribution in [3.05, 3.63) is 35.4 Å². The Balaban J connectivity index is 1.74. The molecule has 0 bridgehead atoms. The number of halogens is 2. The molecule has 2 fully saturated rings. The maximum absolute atomic E-state index is 13.7. The lowest BCUT2D eigenvalue weighted by molar-refractivity contribution is -0.135. The Bertz CT molecular complexity index is 514. The van der Waals surface area contributed by atoms with Gasteiger partial charge in [-0.25, -0.2) is 8.78 Å². The zero-order valence-corrected chi connectivity index (χ0v) is 11.4. The Hall–Kier alpha value is -1.49. The third kappa shape index (κ3) is 2.30. The second-order valence-electron chi connectivity index (χ2n) is 5.67. The zero-order chi connectivity index (χ0) is 14.3. The molecule has 0 aromatic heterocycles. The van der Waals surface area contributed by atoms with Crippen LogP contribution in [-0.2, 0) is 4.79 Å². The van der Waals surface area contributed by atoms with Crippen molar-refractivity contribution in [3.63, 3.8) is 0 Å². The van der Waals surface area contributed by atoms with E-state index in [1.807, 2.05) is 11.8 Å². The van der Waals surface area contributed by atoms with Crippen LogP contribution in [0.3, 0.4) is 0 Å². The highest BCUT2D eigenvalue weighted by molar-refractivity contribution is 5.83. The summed E-state index contributed by atoms with van der Waals surface area (Å²) in [6.07, 6.45) is 0.549. The predicted molar refractivity (Wildman–Crippen MR) is 71.3 cm³/mol. The first-order valence-electron chi connectivity index (χ1n) is 7.04. The fraction of sp³-hybridized carbons (Fsp3) is 0.533. The molecule has 3 atom stereocenters. The minimum Gasteiger partial charge on any atom is -0.337 e. The molecule has 1 N–H and O–H groups in total. The fourth-order valence-corrected chi connectivity index (χ4v) is 3.03. The van der Waals surface area contributed by atoms with Crippen LogP contribution in [0.5, 0.6) is 0 Å². The first-order chi connectivity index (χ1) is 9.59. The molecule has 1 amide bonds. The first kappa shape index (κ1) is 13.5. The predicted octanol–water partition coefficient (Wildman–Crippen LogP) is 1.89. The molecule has 1 aliphatic carbocycles. The maximum Gasteiger partial charge on any atom is 0.226 e. The van der Waals surface area contributed by atoms with Gasteiger partial charge in [0, 0.05) is 43.1 Å². The van der Waals surface area contributed by atoms with Crippen molar-refractivity contribution in [2.45, 2.75) is 25.3 Å². The van der Waals surface area contributed by atoms with Gasteiger partial charge < -0.3 is 10.2 Å². The summed E-state index contributed by atoms with van der Waals surface area (Å²) >= 11 is 0. The van der Waals surface area contributed by atoms with E-state index in [0.717, 1.165) is 13.1 Å². The van der Waals surface area contributed by atoms with Crippen LogP contribution in [0.1, 0.15) is 24.8 Å². The number of carbonyl (C=O) groups excluding carboxylic acids is 1. The van der Waals surface area contributed by atoms with E-state index in [2.05, 4.69) is 5.32 Å². The van der Waals surface area contributed by atoms with Crippen molar-refractivity contribution in [3.8, 4) is 0 Å². The summed E-state index contributed by atoms with van der Waals surface area (Å²) in [6.45, 7) is 4.22. The van der Waals surface area contributed by atoms with E-state index in [1.165, 1.54) is 18.2 Å². The molecule has 1 saturated heterocycles. The smallest absolute Gasteiger partial charge is 0.226 e. The molecule has 1 heterocycles.